The maximum absolute atomic E-state index is 12.1. The van der Waals surface area contributed by atoms with E-state index in [1.807, 2.05) is 30.3 Å². The lowest BCUT2D eigenvalue weighted by Crippen LogP contribution is -2.37. The van der Waals surface area contributed by atoms with Crippen LogP contribution in [0.4, 0.5) is 4.79 Å². The summed E-state index contributed by atoms with van der Waals surface area (Å²) < 4.78 is 5.32. The van der Waals surface area contributed by atoms with Crippen molar-refractivity contribution in [1.82, 2.24) is 5.32 Å². The van der Waals surface area contributed by atoms with Gasteiger partial charge in [-0.05, 0) is 24.8 Å². The van der Waals surface area contributed by atoms with E-state index in [2.05, 4.69) is 18.8 Å². The van der Waals surface area contributed by atoms with Crippen LogP contribution in [0.25, 0.3) is 0 Å². The second-order valence-electron chi connectivity index (χ2n) is 7.23. The molecule has 2 atom stereocenters. The second-order valence-corrected chi connectivity index (χ2v) is 7.23. The first-order valence-corrected chi connectivity index (χ1v) is 10.4. The molecule has 1 rings (SSSR count). The molecule has 0 fully saturated rings. The molecule has 1 amide bonds. The highest BCUT2D eigenvalue weighted by atomic mass is 16.5. The number of aliphatic hydroxyl groups excluding tert-OH is 1. The Bertz CT molecular complexity index is 504. The molecule has 0 aliphatic rings. The van der Waals surface area contributed by atoms with Crippen molar-refractivity contribution in [1.29, 1.82) is 0 Å². The summed E-state index contributed by atoms with van der Waals surface area (Å²) >= 11 is 0. The van der Waals surface area contributed by atoms with Crippen LogP contribution in [0.15, 0.2) is 43.0 Å². The van der Waals surface area contributed by atoms with Gasteiger partial charge in [0.2, 0.25) is 0 Å². The first-order valence-electron chi connectivity index (χ1n) is 10.4. The molecule has 27 heavy (non-hydrogen) atoms. The smallest absolute Gasteiger partial charge is 0.407 e. The Balaban J connectivity index is 2.35. The minimum absolute atomic E-state index is 0.0705. The van der Waals surface area contributed by atoms with Gasteiger partial charge in [-0.25, -0.2) is 4.79 Å². The lowest BCUT2D eigenvalue weighted by atomic mass is 10.00. The van der Waals surface area contributed by atoms with Crippen LogP contribution in [0.2, 0.25) is 0 Å². The topological polar surface area (TPSA) is 58.6 Å². The average Bonchev–Trinajstić information content (AvgIpc) is 2.66. The van der Waals surface area contributed by atoms with Gasteiger partial charge in [0.1, 0.15) is 6.61 Å². The van der Waals surface area contributed by atoms with E-state index in [0.29, 0.717) is 12.8 Å². The van der Waals surface area contributed by atoms with E-state index in [1.165, 1.54) is 38.5 Å². The van der Waals surface area contributed by atoms with Gasteiger partial charge in [0, 0.05) is 6.04 Å². The number of alkyl carbamates (subject to hydrolysis) is 1. The van der Waals surface area contributed by atoms with Gasteiger partial charge in [0.15, 0.2) is 0 Å². The minimum Gasteiger partial charge on any atom is -0.445 e. The molecule has 0 heterocycles. The molecule has 0 aliphatic carbocycles. The van der Waals surface area contributed by atoms with E-state index < -0.39 is 12.2 Å². The second kappa shape index (κ2) is 15.3. The zero-order chi connectivity index (χ0) is 19.7. The number of hydrogen-bond acceptors (Lipinski definition) is 3. The number of carbonyl (C=O) groups excluding carboxylic acids is 1. The number of nitrogens with one attached hydrogen (secondary N) is 1. The van der Waals surface area contributed by atoms with Crippen molar-refractivity contribution in [2.24, 2.45) is 0 Å². The molecule has 0 radical (unpaired) electrons. The van der Waals surface area contributed by atoms with Crippen molar-refractivity contribution in [3.63, 3.8) is 0 Å². The van der Waals surface area contributed by atoms with Crippen LogP contribution in [0.5, 0.6) is 0 Å². The van der Waals surface area contributed by atoms with E-state index in [9.17, 15) is 9.90 Å². The van der Waals surface area contributed by atoms with Crippen LogP contribution in [-0.4, -0.2) is 23.3 Å². The van der Waals surface area contributed by atoms with Gasteiger partial charge in [0.05, 0.1) is 6.10 Å². The molecule has 1 aromatic rings. The van der Waals surface area contributed by atoms with Crippen LogP contribution < -0.4 is 5.32 Å². The number of hydrogen-bond donors (Lipinski definition) is 2. The average molecular weight is 376 g/mol. The molecule has 0 spiro atoms. The van der Waals surface area contributed by atoms with E-state index >= 15 is 0 Å². The number of rotatable bonds is 15. The summed E-state index contributed by atoms with van der Waals surface area (Å²) in [6.07, 6.45) is 11.4. The Hall–Kier alpha value is -1.81. The Morgan fingerprint density at radius 2 is 1.81 bits per heavy atom. The molecule has 2 N–H and O–H groups in total. The zero-order valence-corrected chi connectivity index (χ0v) is 16.9. The van der Waals surface area contributed by atoms with E-state index in [4.69, 9.17) is 4.74 Å². The lowest BCUT2D eigenvalue weighted by molar-refractivity contribution is 0.121. The van der Waals surface area contributed by atoms with Gasteiger partial charge in [-0.1, -0.05) is 88.3 Å². The third kappa shape index (κ3) is 12.2. The maximum atomic E-state index is 12.1. The molecule has 0 saturated heterocycles. The maximum Gasteiger partial charge on any atom is 0.407 e. The molecule has 0 saturated carbocycles. The lowest BCUT2D eigenvalue weighted by Gasteiger charge is -2.21. The Morgan fingerprint density at radius 3 is 2.48 bits per heavy atom. The SMILES string of the molecule is C=CC[C@H](O)C[C@H](CCCCCCCCC)NC(=O)OCc1ccccc1. The molecule has 0 aliphatic heterocycles. The van der Waals surface area contributed by atoms with Crippen LogP contribution in [0, 0.1) is 0 Å². The molecule has 0 bridgehead atoms. The van der Waals surface area contributed by atoms with Gasteiger partial charge in [-0.2, -0.15) is 0 Å². The van der Waals surface area contributed by atoms with Crippen LogP contribution in [0.3, 0.4) is 0 Å². The van der Waals surface area contributed by atoms with E-state index in [0.717, 1.165) is 18.4 Å². The largest absolute Gasteiger partial charge is 0.445 e. The molecule has 0 unspecified atom stereocenters. The van der Waals surface area contributed by atoms with Crippen molar-refractivity contribution in [3.05, 3.63) is 48.6 Å². The summed E-state index contributed by atoms with van der Waals surface area (Å²) in [5, 5.41) is 13.0. The third-order valence-electron chi connectivity index (χ3n) is 4.69. The van der Waals surface area contributed by atoms with Crippen LogP contribution in [-0.2, 0) is 11.3 Å². The molecule has 4 nitrogen and oxygen atoms in total. The van der Waals surface area contributed by atoms with Crippen molar-refractivity contribution < 1.29 is 14.6 Å². The predicted molar refractivity (Wildman–Crippen MR) is 112 cm³/mol. The number of unbranched alkanes of at least 4 members (excludes halogenated alkanes) is 6. The van der Waals surface area contributed by atoms with Crippen LogP contribution >= 0.6 is 0 Å². The quantitative estimate of drug-likeness (QED) is 0.303. The Morgan fingerprint density at radius 1 is 1.15 bits per heavy atom. The number of carbonyl (C=O) groups is 1. The fraction of sp³-hybridized carbons (Fsp3) is 0.609. The van der Waals surface area contributed by atoms with Gasteiger partial charge in [0.25, 0.3) is 0 Å². The van der Waals surface area contributed by atoms with E-state index in [-0.39, 0.29) is 12.6 Å². The standard InChI is InChI=1S/C23H37NO3/c1-3-5-6-7-8-9-13-17-21(18-22(25)14-4-2)24-23(26)27-19-20-15-11-10-12-16-20/h4,10-12,15-16,21-22,25H,2-3,5-9,13-14,17-19H2,1H3,(H,24,26)/t21-,22-/m0/s1. The van der Waals surface area contributed by atoms with Gasteiger partial charge in [-0.15, -0.1) is 6.58 Å². The minimum atomic E-state index is -0.480. The first kappa shape index (κ1) is 23.2. The summed E-state index contributed by atoms with van der Waals surface area (Å²) in [6.45, 7) is 6.15. The summed E-state index contributed by atoms with van der Waals surface area (Å²) in [7, 11) is 0. The third-order valence-corrected chi connectivity index (χ3v) is 4.69. The Kier molecular flexibility index (Phi) is 13.1. The van der Waals surface area contributed by atoms with E-state index in [1.54, 1.807) is 6.08 Å². The molecular weight excluding hydrogens is 338 g/mol. The van der Waals surface area contributed by atoms with Crippen molar-refractivity contribution in [2.45, 2.75) is 89.9 Å². The van der Waals surface area contributed by atoms with Gasteiger partial charge < -0.3 is 15.2 Å². The fourth-order valence-corrected chi connectivity index (χ4v) is 3.15. The highest BCUT2D eigenvalue weighted by Crippen LogP contribution is 2.14. The number of ether oxygens (including phenoxy) is 1. The summed E-state index contributed by atoms with van der Waals surface area (Å²) in [5.41, 5.74) is 0.961. The Labute approximate surface area is 165 Å². The van der Waals surface area contributed by atoms with Gasteiger partial charge >= 0.3 is 6.09 Å². The highest BCUT2D eigenvalue weighted by molar-refractivity contribution is 5.67. The molecule has 0 aromatic heterocycles. The predicted octanol–water partition coefficient (Wildman–Crippen LogP) is 5.75. The molecule has 4 heteroatoms. The van der Waals surface area contributed by atoms with Crippen molar-refractivity contribution >= 4 is 6.09 Å². The monoisotopic (exact) mass is 375 g/mol. The van der Waals surface area contributed by atoms with Gasteiger partial charge in [-0.3, -0.25) is 0 Å². The molecular formula is C23H37NO3. The fourth-order valence-electron chi connectivity index (χ4n) is 3.15. The first-order chi connectivity index (χ1) is 13.2. The highest BCUT2D eigenvalue weighted by Gasteiger charge is 2.17. The number of aliphatic hydroxyl groups is 1. The summed E-state index contributed by atoms with van der Waals surface area (Å²) in [5.74, 6) is 0. The number of benzene rings is 1. The summed E-state index contributed by atoms with van der Waals surface area (Å²) in [4.78, 5) is 12.1. The normalized spacial score (nSPS) is 13.0. The van der Waals surface area contributed by atoms with Crippen LogP contribution in [0.1, 0.15) is 76.7 Å². The van der Waals surface area contributed by atoms with Crippen molar-refractivity contribution in [3.8, 4) is 0 Å². The summed E-state index contributed by atoms with van der Waals surface area (Å²) in [6, 6.07) is 9.56. The van der Waals surface area contributed by atoms with Crippen molar-refractivity contribution in [2.75, 3.05) is 0 Å². The number of amides is 1. The zero-order valence-electron chi connectivity index (χ0n) is 16.9. The molecule has 152 valence electrons. The molecule has 1 aromatic carbocycles.